The van der Waals surface area contributed by atoms with Crippen molar-refractivity contribution in [3.05, 3.63) is 60.7 Å². The fourth-order valence-corrected chi connectivity index (χ4v) is 4.66. The van der Waals surface area contributed by atoms with Crippen LogP contribution in [-0.2, 0) is 0 Å². The van der Waals surface area contributed by atoms with Crippen LogP contribution >= 0.6 is 23.5 Å². The average Bonchev–Trinajstić information content (AvgIpc) is 3.46. The van der Waals surface area contributed by atoms with Crippen molar-refractivity contribution >= 4 is 23.5 Å². The summed E-state index contributed by atoms with van der Waals surface area (Å²) in [7, 11) is 0. The SMILES string of the molecule is c1ccc(-n2nnnc2SCCCCCCSc2nnnn2-c2ccccc2)cc1. The Balaban J connectivity index is 1.14. The first-order chi connectivity index (χ1) is 14.9. The minimum atomic E-state index is 0.838. The molecular formula is C20H22N8S2. The zero-order valence-electron chi connectivity index (χ0n) is 16.4. The number of rotatable bonds is 11. The van der Waals surface area contributed by atoms with Crippen molar-refractivity contribution in [1.29, 1.82) is 0 Å². The maximum atomic E-state index is 4.14. The summed E-state index contributed by atoms with van der Waals surface area (Å²) in [5, 5.41) is 25.8. The Labute approximate surface area is 183 Å². The van der Waals surface area contributed by atoms with Crippen LogP contribution in [0.5, 0.6) is 0 Å². The Hall–Kier alpha value is -2.72. The minimum Gasteiger partial charge on any atom is -0.188 e. The number of nitrogens with zero attached hydrogens (tertiary/aromatic N) is 8. The molecule has 0 fully saturated rings. The average molecular weight is 439 g/mol. The Morgan fingerprint density at radius 3 is 1.43 bits per heavy atom. The minimum absolute atomic E-state index is 0.838. The highest BCUT2D eigenvalue weighted by molar-refractivity contribution is 7.99. The molecule has 0 atom stereocenters. The number of unbranched alkanes of at least 4 members (excludes halogenated alkanes) is 3. The Morgan fingerprint density at radius 1 is 0.567 bits per heavy atom. The van der Waals surface area contributed by atoms with Gasteiger partial charge in [0.1, 0.15) is 0 Å². The third-order valence-electron chi connectivity index (χ3n) is 4.38. The number of hydrogen-bond acceptors (Lipinski definition) is 8. The van der Waals surface area contributed by atoms with Crippen LogP contribution in [0.2, 0.25) is 0 Å². The van der Waals surface area contributed by atoms with Gasteiger partial charge in [0.05, 0.1) is 11.4 Å². The molecule has 2 aromatic heterocycles. The van der Waals surface area contributed by atoms with Crippen molar-refractivity contribution in [3.63, 3.8) is 0 Å². The Bertz CT molecular complexity index is 936. The van der Waals surface area contributed by atoms with E-state index in [4.69, 9.17) is 0 Å². The molecule has 2 heterocycles. The normalized spacial score (nSPS) is 11.1. The van der Waals surface area contributed by atoms with E-state index in [9.17, 15) is 0 Å². The molecule has 0 bridgehead atoms. The number of tetrazole rings is 2. The standard InChI is InChI=1S/C20H22N8S2/c1(9-15-29-19-21-23-25-27(19)17-11-5-3-6-12-17)2-10-16-30-20-22-24-26-28(20)18-13-7-4-8-14-18/h3-8,11-14H,1-2,9-10,15-16H2. The molecule has 4 rings (SSSR count). The van der Waals surface area contributed by atoms with Gasteiger partial charge in [-0.2, -0.15) is 9.36 Å². The predicted molar refractivity (Wildman–Crippen MR) is 118 cm³/mol. The molecule has 10 heteroatoms. The second-order valence-electron chi connectivity index (χ2n) is 6.53. The van der Waals surface area contributed by atoms with Crippen molar-refractivity contribution in [3.8, 4) is 11.4 Å². The summed E-state index contributed by atoms with van der Waals surface area (Å²) < 4.78 is 3.58. The lowest BCUT2D eigenvalue weighted by molar-refractivity contribution is 0.707. The highest BCUT2D eigenvalue weighted by Crippen LogP contribution is 2.22. The van der Waals surface area contributed by atoms with Gasteiger partial charge in [-0.25, -0.2) is 0 Å². The van der Waals surface area contributed by atoms with Gasteiger partial charge >= 0.3 is 0 Å². The summed E-state index contributed by atoms with van der Waals surface area (Å²) >= 11 is 3.40. The molecule has 0 spiro atoms. The second-order valence-corrected chi connectivity index (χ2v) is 8.65. The third-order valence-corrected chi connectivity index (χ3v) is 6.40. The van der Waals surface area contributed by atoms with Crippen LogP contribution in [0.1, 0.15) is 25.7 Å². The van der Waals surface area contributed by atoms with E-state index < -0.39 is 0 Å². The lowest BCUT2D eigenvalue weighted by Crippen LogP contribution is -1.99. The molecule has 0 aliphatic rings. The van der Waals surface area contributed by atoms with E-state index in [1.165, 1.54) is 12.8 Å². The van der Waals surface area contributed by atoms with Gasteiger partial charge in [0.15, 0.2) is 0 Å². The van der Waals surface area contributed by atoms with Crippen LogP contribution < -0.4 is 0 Å². The molecule has 154 valence electrons. The molecule has 0 radical (unpaired) electrons. The van der Waals surface area contributed by atoms with Gasteiger partial charge in [0.25, 0.3) is 0 Å². The fourth-order valence-electron chi connectivity index (χ4n) is 2.88. The van der Waals surface area contributed by atoms with Gasteiger partial charge in [-0.05, 0) is 58.0 Å². The summed E-state index contributed by atoms with van der Waals surface area (Å²) in [6.07, 6.45) is 4.64. The molecule has 8 nitrogen and oxygen atoms in total. The molecule has 0 saturated carbocycles. The van der Waals surface area contributed by atoms with Crippen LogP contribution in [0.15, 0.2) is 71.0 Å². The van der Waals surface area contributed by atoms with Crippen LogP contribution in [0.3, 0.4) is 0 Å². The topological polar surface area (TPSA) is 87.2 Å². The van der Waals surface area contributed by atoms with Gasteiger partial charge in [-0.3, -0.25) is 0 Å². The fraction of sp³-hybridized carbons (Fsp3) is 0.300. The first kappa shape index (κ1) is 20.5. The zero-order valence-corrected chi connectivity index (χ0v) is 18.0. The molecule has 0 N–H and O–H groups in total. The number of benzene rings is 2. The molecule has 0 unspecified atom stereocenters. The quantitative estimate of drug-likeness (QED) is 0.256. The van der Waals surface area contributed by atoms with Crippen molar-refractivity contribution in [2.75, 3.05) is 11.5 Å². The number of thioether (sulfide) groups is 2. The predicted octanol–water partition coefficient (Wildman–Crippen LogP) is 4.08. The first-order valence-electron chi connectivity index (χ1n) is 9.85. The van der Waals surface area contributed by atoms with E-state index in [1.807, 2.05) is 60.7 Å². The summed E-state index contributed by atoms with van der Waals surface area (Å²) in [5.41, 5.74) is 1.97. The van der Waals surface area contributed by atoms with E-state index in [0.29, 0.717) is 0 Å². The maximum absolute atomic E-state index is 4.14. The zero-order chi connectivity index (χ0) is 20.4. The first-order valence-corrected chi connectivity index (χ1v) is 11.8. The summed E-state index contributed by atoms with van der Waals surface area (Å²) in [6.45, 7) is 0. The largest absolute Gasteiger partial charge is 0.214 e. The van der Waals surface area contributed by atoms with E-state index in [0.717, 1.165) is 46.0 Å². The van der Waals surface area contributed by atoms with E-state index in [2.05, 4.69) is 31.1 Å². The van der Waals surface area contributed by atoms with Crippen LogP contribution in [0.25, 0.3) is 11.4 Å². The van der Waals surface area contributed by atoms with Gasteiger partial charge in [0.2, 0.25) is 10.3 Å². The maximum Gasteiger partial charge on any atom is 0.214 e. The Kier molecular flexibility index (Phi) is 7.46. The Morgan fingerprint density at radius 2 is 1.00 bits per heavy atom. The third kappa shape index (κ3) is 5.45. The van der Waals surface area contributed by atoms with E-state index >= 15 is 0 Å². The molecule has 2 aromatic carbocycles. The van der Waals surface area contributed by atoms with Crippen LogP contribution in [-0.4, -0.2) is 51.9 Å². The van der Waals surface area contributed by atoms with Crippen molar-refractivity contribution in [2.45, 2.75) is 36.0 Å². The molecule has 30 heavy (non-hydrogen) atoms. The van der Waals surface area contributed by atoms with Crippen molar-refractivity contribution in [1.82, 2.24) is 40.4 Å². The number of para-hydroxylation sites is 2. The molecule has 0 amide bonds. The number of hydrogen-bond donors (Lipinski definition) is 0. The molecular weight excluding hydrogens is 416 g/mol. The second kappa shape index (κ2) is 10.9. The van der Waals surface area contributed by atoms with Gasteiger partial charge in [0, 0.05) is 11.5 Å². The number of aromatic nitrogens is 8. The lowest BCUT2D eigenvalue weighted by atomic mass is 10.2. The van der Waals surface area contributed by atoms with Crippen molar-refractivity contribution < 1.29 is 0 Å². The monoisotopic (exact) mass is 438 g/mol. The summed E-state index contributed by atoms with van der Waals surface area (Å²) in [4.78, 5) is 0. The molecule has 0 aliphatic heterocycles. The smallest absolute Gasteiger partial charge is 0.188 e. The highest BCUT2D eigenvalue weighted by atomic mass is 32.2. The molecule has 0 aliphatic carbocycles. The van der Waals surface area contributed by atoms with Gasteiger partial charge in [-0.1, -0.05) is 72.8 Å². The van der Waals surface area contributed by atoms with Gasteiger partial charge < -0.3 is 0 Å². The van der Waals surface area contributed by atoms with Crippen LogP contribution in [0.4, 0.5) is 0 Å². The summed E-state index contributed by atoms with van der Waals surface area (Å²) in [6, 6.07) is 20.0. The van der Waals surface area contributed by atoms with Crippen LogP contribution in [0, 0.1) is 0 Å². The van der Waals surface area contributed by atoms with E-state index in [-0.39, 0.29) is 0 Å². The van der Waals surface area contributed by atoms with Gasteiger partial charge in [-0.15, -0.1) is 10.2 Å². The van der Waals surface area contributed by atoms with Crippen molar-refractivity contribution in [2.24, 2.45) is 0 Å². The molecule has 0 saturated heterocycles. The molecule has 4 aromatic rings. The summed E-state index contributed by atoms with van der Waals surface area (Å²) in [5.74, 6) is 2.01. The van der Waals surface area contributed by atoms with E-state index in [1.54, 1.807) is 32.9 Å². The lowest BCUT2D eigenvalue weighted by Gasteiger charge is -2.05. The highest BCUT2D eigenvalue weighted by Gasteiger charge is 2.09.